The molecule has 1 saturated heterocycles. The summed E-state index contributed by atoms with van der Waals surface area (Å²) in [4.78, 5) is 2.59. The molecule has 0 saturated carbocycles. The molecule has 2 atom stereocenters. The van der Waals surface area contributed by atoms with Crippen LogP contribution in [0.15, 0.2) is 28.7 Å². The molecule has 21 heavy (non-hydrogen) atoms. The summed E-state index contributed by atoms with van der Waals surface area (Å²) in [5.41, 5.74) is 7.83. The smallest absolute Gasteiger partial charge is 0.0510 e. The Morgan fingerprint density at radius 3 is 2.71 bits per heavy atom. The van der Waals surface area contributed by atoms with Gasteiger partial charge in [0.05, 0.1) is 6.04 Å². The van der Waals surface area contributed by atoms with Gasteiger partial charge in [-0.25, -0.2) is 0 Å². The second kappa shape index (κ2) is 7.49. The topological polar surface area (TPSA) is 29.3 Å². The number of hydrogen-bond donors (Lipinski definition) is 1. The number of halogens is 1. The zero-order chi connectivity index (χ0) is 15.5. The van der Waals surface area contributed by atoms with Crippen molar-refractivity contribution < 1.29 is 0 Å². The summed E-state index contributed by atoms with van der Waals surface area (Å²) < 4.78 is 1.55. The van der Waals surface area contributed by atoms with E-state index < -0.39 is 0 Å². The maximum Gasteiger partial charge on any atom is 0.0510 e. The van der Waals surface area contributed by atoms with Crippen LogP contribution in [0.4, 0.5) is 0 Å². The van der Waals surface area contributed by atoms with Crippen LogP contribution in [-0.4, -0.2) is 34.5 Å². The van der Waals surface area contributed by atoms with E-state index in [2.05, 4.69) is 77.6 Å². The molecule has 0 aliphatic carbocycles. The highest BCUT2D eigenvalue weighted by Crippen LogP contribution is 2.36. The molecule has 0 radical (unpaired) electrons. The Balaban J connectivity index is 2.26. The van der Waals surface area contributed by atoms with Crippen LogP contribution in [0.25, 0.3) is 0 Å². The molecule has 1 heterocycles. The van der Waals surface area contributed by atoms with Gasteiger partial charge in [-0.1, -0.05) is 54.9 Å². The molecule has 0 aromatic heterocycles. The van der Waals surface area contributed by atoms with Crippen molar-refractivity contribution in [3.63, 3.8) is 0 Å². The molecule has 2 rings (SSSR count). The van der Waals surface area contributed by atoms with Crippen LogP contribution in [0, 0.1) is 0 Å². The molecule has 2 unspecified atom stereocenters. The number of nitrogens with zero attached hydrogens (tertiary/aromatic N) is 1. The molecule has 118 valence electrons. The molecule has 2 N–H and O–H groups in total. The van der Waals surface area contributed by atoms with Crippen LogP contribution < -0.4 is 5.73 Å². The Labute approximate surface area is 142 Å². The van der Waals surface area contributed by atoms with Crippen molar-refractivity contribution in [2.24, 2.45) is 5.73 Å². The molecule has 1 fully saturated rings. The van der Waals surface area contributed by atoms with E-state index in [1.54, 1.807) is 0 Å². The second-order valence-corrected chi connectivity index (χ2v) is 9.09. The molecule has 0 spiro atoms. The van der Waals surface area contributed by atoms with Gasteiger partial charge in [0.1, 0.15) is 0 Å². The maximum atomic E-state index is 6.50. The minimum Gasteiger partial charge on any atom is -0.326 e. The van der Waals surface area contributed by atoms with Crippen LogP contribution in [0.1, 0.15) is 45.2 Å². The average Bonchev–Trinajstić information content (AvgIpc) is 2.62. The normalized spacial score (nSPS) is 22.5. The predicted octanol–water partition coefficient (Wildman–Crippen LogP) is 4.45. The van der Waals surface area contributed by atoms with E-state index in [4.69, 9.17) is 5.73 Å². The van der Waals surface area contributed by atoms with Gasteiger partial charge in [-0.2, -0.15) is 11.8 Å². The maximum absolute atomic E-state index is 6.50. The first kappa shape index (κ1) is 17.3. The molecule has 2 nitrogen and oxygen atoms in total. The summed E-state index contributed by atoms with van der Waals surface area (Å²) in [6.45, 7) is 9.14. The third-order valence-electron chi connectivity index (χ3n) is 4.37. The Kier molecular flexibility index (Phi) is 6.18. The zero-order valence-corrected chi connectivity index (χ0v) is 15.7. The van der Waals surface area contributed by atoms with E-state index in [0.29, 0.717) is 10.8 Å². The Bertz CT molecular complexity index is 464. The lowest BCUT2D eigenvalue weighted by molar-refractivity contribution is 0.176. The number of benzene rings is 1. The van der Waals surface area contributed by atoms with Gasteiger partial charge in [0.25, 0.3) is 0 Å². The van der Waals surface area contributed by atoms with Crippen molar-refractivity contribution in [1.29, 1.82) is 0 Å². The van der Waals surface area contributed by atoms with Crippen LogP contribution in [-0.2, 0) is 0 Å². The quantitative estimate of drug-likeness (QED) is 0.848. The van der Waals surface area contributed by atoms with Crippen LogP contribution in [0.2, 0.25) is 0 Å². The van der Waals surface area contributed by atoms with Gasteiger partial charge < -0.3 is 5.73 Å². The SMILES string of the molecule is CCC(N)C(c1ccccc1Br)N1CCSC(C)(C)CC1. The third-order valence-corrected chi connectivity index (χ3v) is 6.46. The van der Waals surface area contributed by atoms with Crippen molar-refractivity contribution in [3.05, 3.63) is 34.3 Å². The summed E-state index contributed by atoms with van der Waals surface area (Å²) in [5.74, 6) is 1.18. The standard InChI is InChI=1S/C17H27BrN2S/c1-4-15(19)16(13-7-5-6-8-14(13)18)20-10-9-17(2,3)21-12-11-20/h5-8,15-16H,4,9-12,19H2,1-3H3. The molecule has 1 aliphatic heterocycles. The molecule has 1 aromatic rings. The number of hydrogen-bond acceptors (Lipinski definition) is 3. The van der Waals surface area contributed by atoms with Gasteiger partial charge in [0.2, 0.25) is 0 Å². The van der Waals surface area contributed by atoms with Crippen LogP contribution in [0.5, 0.6) is 0 Å². The lowest BCUT2D eigenvalue weighted by Crippen LogP contribution is -2.42. The van der Waals surface area contributed by atoms with Crippen molar-refractivity contribution in [2.45, 2.75) is 50.4 Å². The Morgan fingerprint density at radius 2 is 2.05 bits per heavy atom. The second-order valence-electron chi connectivity index (χ2n) is 6.43. The summed E-state index contributed by atoms with van der Waals surface area (Å²) in [5, 5.41) is 0. The van der Waals surface area contributed by atoms with Crippen molar-refractivity contribution in [3.8, 4) is 0 Å². The van der Waals surface area contributed by atoms with Gasteiger partial charge in [0.15, 0.2) is 0 Å². The highest BCUT2D eigenvalue weighted by Gasteiger charge is 2.31. The molecule has 4 heteroatoms. The van der Waals surface area contributed by atoms with E-state index in [9.17, 15) is 0 Å². The van der Waals surface area contributed by atoms with Gasteiger partial charge in [-0.15, -0.1) is 0 Å². The average molecular weight is 371 g/mol. The fourth-order valence-corrected chi connectivity index (χ4v) is 4.58. The largest absolute Gasteiger partial charge is 0.326 e. The molecule has 1 aromatic carbocycles. The molecular weight excluding hydrogens is 344 g/mol. The Morgan fingerprint density at radius 1 is 1.33 bits per heavy atom. The summed E-state index contributed by atoms with van der Waals surface area (Å²) in [7, 11) is 0. The van der Waals surface area contributed by atoms with Crippen LogP contribution >= 0.6 is 27.7 Å². The van der Waals surface area contributed by atoms with Crippen molar-refractivity contribution in [2.75, 3.05) is 18.8 Å². The highest BCUT2D eigenvalue weighted by molar-refractivity contribution is 9.10. The molecule has 1 aliphatic rings. The zero-order valence-electron chi connectivity index (χ0n) is 13.3. The van der Waals surface area contributed by atoms with Crippen LogP contribution in [0.3, 0.4) is 0 Å². The van der Waals surface area contributed by atoms with Gasteiger partial charge in [-0.3, -0.25) is 4.90 Å². The number of rotatable bonds is 4. The molecule has 0 bridgehead atoms. The van der Waals surface area contributed by atoms with Crippen molar-refractivity contribution >= 4 is 27.7 Å². The van der Waals surface area contributed by atoms with Gasteiger partial charge in [-0.05, 0) is 24.5 Å². The monoisotopic (exact) mass is 370 g/mol. The summed E-state index contributed by atoms with van der Waals surface area (Å²) in [6.07, 6.45) is 2.22. The number of thioether (sulfide) groups is 1. The fourth-order valence-electron chi connectivity index (χ4n) is 2.95. The minimum absolute atomic E-state index is 0.176. The third kappa shape index (κ3) is 4.47. The minimum atomic E-state index is 0.176. The first-order valence-corrected chi connectivity index (χ1v) is 9.60. The van der Waals surface area contributed by atoms with Gasteiger partial charge >= 0.3 is 0 Å². The first-order chi connectivity index (χ1) is 9.94. The van der Waals surface area contributed by atoms with E-state index in [0.717, 1.165) is 19.5 Å². The first-order valence-electron chi connectivity index (χ1n) is 7.82. The fraction of sp³-hybridized carbons (Fsp3) is 0.647. The molecular formula is C17H27BrN2S. The summed E-state index contributed by atoms with van der Waals surface area (Å²) in [6, 6.07) is 9.01. The van der Waals surface area contributed by atoms with Gasteiger partial charge in [0, 0.05) is 34.1 Å². The number of nitrogens with two attached hydrogens (primary N) is 1. The van der Waals surface area contributed by atoms with E-state index >= 15 is 0 Å². The van der Waals surface area contributed by atoms with Crippen molar-refractivity contribution in [1.82, 2.24) is 4.90 Å². The van der Waals surface area contributed by atoms with E-state index in [1.807, 2.05) is 0 Å². The highest BCUT2D eigenvalue weighted by atomic mass is 79.9. The predicted molar refractivity (Wildman–Crippen MR) is 97.9 cm³/mol. The van der Waals surface area contributed by atoms with E-state index in [-0.39, 0.29) is 6.04 Å². The molecule has 0 amide bonds. The lowest BCUT2D eigenvalue weighted by atomic mass is 9.95. The lowest BCUT2D eigenvalue weighted by Gasteiger charge is -2.35. The Hall–Kier alpha value is -0.0300. The van der Waals surface area contributed by atoms with E-state index in [1.165, 1.54) is 22.2 Å². The summed E-state index contributed by atoms with van der Waals surface area (Å²) >= 11 is 5.80.